The molecule has 0 radical (unpaired) electrons. The Balaban J connectivity index is 1.73. The molecule has 1 aromatic carbocycles. The molecule has 0 saturated carbocycles. The number of aromatic nitrogens is 1. The monoisotopic (exact) mass is 241 g/mol. The highest BCUT2D eigenvalue weighted by Gasteiger charge is 2.00. The Labute approximate surface area is 106 Å². The van der Waals surface area contributed by atoms with E-state index >= 15 is 0 Å². The number of carbonyl (C=O) groups excluding carboxylic acids is 1. The average Bonchev–Trinajstić information content (AvgIpc) is 2.41. The molecule has 92 valence electrons. The maximum atomic E-state index is 11.6. The maximum Gasteiger partial charge on any atom is 0.319 e. The molecular formula is C14H15N3O. The highest BCUT2D eigenvalue weighted by Crippen LogP contribution is 2.02. The molecule has 4 nitrogen and oxygen atoms in total. The number of nitrogens with one attached hydrogen (secondary N) is 2. The lowest BCUT2D eigenvalue weighted by Gasteiger charge is -2.07. The molecule has 0 aliphatic carbocycles. The molecule has 0 aliphatic heterocycles. The topological polar surface area (TPSA) is 54.0 Å². The first-order chi connectivity index (χ1) is 8.84. The van der Waals surface area contributed by atoms with E-state index in [0.29, 0.717) is 6.54 Å². The zero-order chi connectivity index (χ0) is 12.6. The summed E-state index contributed by atoms with van der Waals surface area (Å²) in [6, 6.07) is 13.3. The number of nitrogens with zero attached hydrogens (tertiary/aromatic N) is 1. The maximum absolute atomic E-state index is 11.6. The van der Waals surface area contributed by atoms with Crippen LogP contribution in [0, 0.1) is 0 Å². The van der Waals surface area contributed by atoms with E-state index in [9.17, 15) is 4.79 Å². The van der Waals surface area contributed by atoms with Crippen molar-refractivity contribution in [2.24, 2.45) is 0 Å². The molecule has 0 spiro atoms. The summed E-state index contributed by atoms with van der Waals surface area (Å²) in [7, 11) is 0. The lowest BCUT2D eigenvalue weighted by Crippen LogP contribution is -2.30. The standard InChI is InChI=1S/C14H15N3O/c18-14(17-13-7-9-15-10-8-13)16-11-6-12-4-2-1-3-5-12/h1-5,7-10H,6,11H2,(H2,15,16,17,18). The number of anilines is 1. The summed E-state index contributed by atoms with van der Waals surface area (Å²) in [5.41, 5.74) is 1.95. The summed E-state index contributed by atoms with van der Waals surface area (Å²) in [4.78, 5) is 15.4. The molecule has 4 heteroatoms. The number of pyridine rings is 1. The summed E-state index contributed by atoms with van der Waals surface area (Å²) in [6.07, 6.45) is 4.10. The van der Waals surface area contributed by atoms with Crippen LogP contribution >= 0.6 is 0 Å². The van der Waals surface area contributed by atoms with Gasteiger partial charge >= 0.3 is 6.03 Å². The fourth-order valence-electron chi connectivity index (χ4n) is 1.58. The second-order valence-corrected chi connectivity index (χ2v) is 3.85. The summed E-state index contributed by atoms with van der Waals surface area (Å²) >= 11 is 0. The van der Waals surface area contributed by atoms with Gasteiger partial charge in [-0.3, -0.25) is 4.98 Å². The van der Waals surface area contributed by atoms with Gasteiger partial charge in [-0.25, -0.2) is 4.79 Å². The van der Waals surface area contributed by atoms with Gasteiger partial charge < -0.3 is 10.6 Å². The molecule has 2 N–H and O–H groups in total. The van der Waals surface area contributed by atoms with E-state index in [4.69, 9.17) is 0 Å². The van der Waals surface area contributed by atoms with Crippen LogP contribution in [0.25, 0.3) is 0 Å². The van der Waals surface area contributed by atoms with Gasteiger partial charge in [-0.15, -0.1) is 0 Å². The van der Waals surface area contributed by atoms with Crippen LogP contribution in [0.3, 0.4) is 0 Å². The fraction of sp³-hybridized carbons (Fsp3) is 0.143. The molecule has 0 atom stereocenters. The molecule has 18 heavy (non-hydrogen) atoms. The third kappa shape index (κ3) is 3.90. The SMILES string of the molecule is O=C(NCCc1ccccc1)Nc1ccncc1. The van der Waals surface area contributed by atoms with E-state index in [-0.39, 0.29) is 6.03 Å². The summed E-state index contributed by atoms with van der Waals surface area (Å²) < 4.78 is 0. The number of hydrogen-bond acceptors (Lipinski definition) is 2. The molecular weight excluding hydrogens is 226 g/mol. The lowest BCUT2D eigenvalue weighted by molar-refractivity contribution is 0.252. The van der Waals surface area contributed by atoms with E-state index in [1.54, 1.807) is 24.5 Å². The second-order valence-electron chi connectivity index (χ2n) is 3.85. The van der Waals surface area contributed by atoms with Crippen molar-refractivity contribution >= 4 is 11.7 Å². The van der Waals surface area contributed by atoms with Crippen LogP contribution in [0.1, 0.15) is 5.56 Å². The molecule has 0 unspecified atom stereocenters. The normalized spacial score (nSPS) is 9.78. The average molecular weight is 241 g/mol. The Kier molecular flexibility index (Phi) is 4.30. The molecule has 0 fully saturated rings. The molecule has 0 aliphatic rings. The van der Waals surface area contributed by atoms with Crippen LogP contribution in [0.15, 0.2) is 54.9 Å². The van der Waals surface area contributed by atoms with Gasteiger partial charge in [0.2, 0.25) is 0 Å². The molecule has 1 aromatic heterocycles. The zero-order valence-corrected chi connectivity index (χ0v) is 9.97. The fourth-order valence-corrected chi connectivity index (χ4v) is 1.58. The molecule has 0 saturated heterocycles. The van der Waals surface area contributed by atoms with E-state index < -0.39 is 0 Å². The smallest absolute Gasteiger partial charge is 0.319 e. The zero-order valence-electron chi connectivity index (χ0n) is 9.97. The Morgan fingerprint density at radius 1 is 1.06 bits per heavy atom. The van der Waals surface area contributed by atoms with Gasteiger partial charge in [0.05, 0.1) is 0 Å². The van der Waals surface area contributed by atoms with Gasteiger partial charge in [0, 0.05) is 24.6 Å². The third-order valence-electron chi connectivity index (χ3n) is 2.48. The van der Waals surface area contributed by atoms with E-state index in [1.165, 1.54) is 5.56 Å². The minimum Gasteiger partial charge on any atom is -0.338 e. The Hall–Kier alpha value is -2.36. The van der Waals surface area contributed by atoms with Crippen LogP contribution in [-0.2, 0) is 6.42 Å². The van der Waals surface area contributed by atoms with Crippen LogP contribution in [0.4, 0.5) is 10.5 Å². The molecule has 2 aromatic rings. The second kappa shape index (κ2) is 6.39. The third-order valence-corrected chi connectivity index (χ3v) is 2.48. The first kappa shape index (κ1) is 12.1. The Bertz CT molecular complexity index is 485. The highest BCUT2D eigenvalue weighted by molar-refractivity contribution is 5.89. The first-order valence-corrected chi connectivity index (χ1v) is 5.83. The minimum absolute atomic E-state index is 0.197. The minimum atomic E-state index is -0.197. The molecule has 0 bridgehead atoms. The number of urea groups is 1. The van der Waals surface area contributed by atoms with Gasteiger partial charge in [0.25, 0.3) is 0 Å². The molecule has 2 rings (SSSR count). The van der Waals surface area contributed by atoms with E-state index in [1.807, 2.05) is 30.3 Å². The summed E-state index contributed by atoms with van der Waals surface area (Å²) in [6.45, 7) is 0.612. The van der Waals surface area contributed by atoms with Gasteiger partial charge in [-0.05, 0) is 24.1 Å². The van der Waals surface area contributed by atoms with Crippen LogP contribution in [0.2, 0.25) is 0 Å². The Morgan fingerprint density at radius 2 is 1.78 bits per heavy atom. The quantitative estimate of drug-likeness (QED) is 0.863. The largest absolute Gasteiger partial charge is 0.338 e. The Morgan fingerprint density at radius 3 is 2.50 bits per heavy atom. The number of carbonyl (C=O) groups is 1. The van der Waals surface area contributed by atoms with Gasteiger partial charge in [0.15, 0.2) is 0 Å². The molecule has 2 amide bonds. The van der Waals surface area contributed by atoms with Crippen molar-refractivity contribution in [2.45, 2.75) is 6.42 Å². The van der Waals surface area contributed by atoms with Crippen molar-refractivity contribution in [3.05, 3.63) is 60.4 Å². The van der Waals surface area contributed by atoms with E-state index in [2.05, 4.69) is 15.6 Å². The van der Waals surface area contributed by atoms with Gasteiger partial charge in [-0.2, -0.15) is 0 Å². The summed E-state index contributed by atoms with van der Waals surface area (Å²) in [5, 5.41) is 5.55. The number of rotatable bonds is 4. The number of amides is 2. The van der Waals surface area contributed by atoms with Crippen LogP contribution < -0.4 is 10.6 Å². The van der Waals surface area contributed by atoms with Crippen molar-refractivity contribution in [2.75, 3.05) is 11.9 Å². The van der Waals surface area contributed by atoms with Crippen molar-refractivity contribution in [3.63, 3.8) is 0 Å². The number of hydrogen-bond donors (Lipinski definition) is 2. The highest BCUT2D eigenvalue weighted by atomic mass is 16.2. The lowest BCUT2D eigenvalue weighted by atomic mass is 10.1. The van der Waals surface area contributed by atoms with Crippen molar-refractivity contribution in [1.82, 2.24) is 10.3 Å². The van der Waals surface area contributed by atoms with E-state index in [0.717, 1.165) is 12.1 Å². The van der Waals surface area contributed by atoms with Crippen LogP contribution in [0.5, 0.6) is 0 Å². The van der Waals surface area contributed by atoms with Crippen molar-refractivity contribution in [1.29, 1.82) is 0 Å². The summed E-state index contributed by atoms with van der Waals surface area (Å²) in [5.74, 6) is 0. The predicted octanol–water partition coefficient (Wildman–Crippen LogP) is 2.45. The van der Waals surface area contributed by atoms with Crippen molar-refractivity contribution in [3.8, 4) is 0 Å². The predicted molar refractivity (Wildman–Crippen MR) is 71.4 cm³/mol. The van der Waals surface area contributed by atoms with Gasteiger partial charge in [-0.1, -0.05) is 30.3 Å². The number of benzene rings is 1. The first-order valence-electron chi connectivity index (χ1n) is 5.83. The van der Waals surface area contributed by atoms with Gasteiger partial charge in [0.1, 0.15) is 0 Å². The van der Waals surface area contributed by atoms with Crippen molar-refractivity contribution < 1.29 is 4.79 Å². The molecule has 1 heterocycles. The van der Waals surface area contributed by atoms with Crippen LogP contribution in [-0.4, -0.2) is 17.6 Å².